The molecule has 1 aromatic carbocycles. The van der Waals surface area contributed by atoms with Crippen molar-refractivity contribution in [3.8, 4) is 11.5 Å². The molecule has 7 nitrogen and oxygen atoms in total. The molecule has 0 bridgehead atoms. The molecule has 0 saturated carbocycles. The highest BCUT2D eigenvalue weighted by Crippen LogP contribution is 2.32. The van der Waals surface area contributed by atoms with Gasteiger partial charge in [-0.05, 0) is 24.1 Å². The molecule has 1 aliphatic rings. The zero-order chi connectivity index (χ0) is 16.3. The second kappa shape index (κ2) is 9.91. The number of benzene rings is 1. The Bertz CT molecular complexity index is 508. The number of rotatable bonds is 9. The van der Waals surface area contributed by atoms with E-state index in [2.05, 4.69) is 21.7 Å². The first-order chi connectivity index (χ1) is 11.3. The number of guanidine groups is 1. The highest BCUT2D eigenvalue weighted by atomic mass is 16.7. The minimum absolute atomic E-state index is 0.306. The first-order valence-electron chi connectivity index (χ1n) is 7.73. The molecule has 0 atom stereocenters. The van der Waals surface area contributed by atoms with Crippen LogP contribution in [-0.4, -0.2) is 59.8 Å². The Kier molecular flexibility index (Phi) is 7.48. The summed E-state index contributed by atoms with van der Waals surface area (Å²) >= 11 is 0. The molecular formula is C16H25N3O4. The van der Waals surface area contributed by atoms with Crippen molar-refractivity contribution in [1.29, 1.82) is 0 Å². The molecule has 23 heavy (non-hydrogen) atoms. The number of methoxy groups -OCH3 is 1. The molecule has 0 fully saturated rings. The van der Waals surface area contributed by atoms with Crippen molar-refractivity contribution in [3.63, 3.8) is 0 Å². The molecule has 0 saturated heterocycles. The van der Waals surface area contributed by atoms with E-state index >= 15 is 0 Å². The fourth-order valence-corrected chi connectivity index (χ4v) is 2.13. The van der Waals surface area contributed by atoms with Crippen LogP contribution >= 0.6 is 0 Å². The molecule has 128 valence electrons. The number of hydrogen-bond acceptors (Lipinski definition) is 5. The van der Waals surface area contributed by atoms with E-state index < -0.39 is 0 Å². The molecule has 1 heterocycles. The van der Waals surface area contributed by atoms with E-state index in [9.17, 15) is 0 Å². The van der Waals surface area contributed by atoms with Crippen LogP contribution in [0, 0.1) is 0 Å². The molecule has 0 aromatic heterocycles. The summed E-state index contributed by atoms with van der Waals surface area (Å²) in [6, 6.07) is 6.01. The lowest BCUT2D eigenvalue weighted by Gasteiger charge is -2.12. The second-order valence-electron chi connectivity index (χ2n) is 4.97. The maximum Gasteiger partial charge on any atom is 0.231 e. The van der Waals surface area contributed by atoms with E-state index in [-0.39, 0.29) is 0 Å². The third-order valence-corrected chi connectivity index (χ3v) is 3.34. The van der Waals surface area contributed by atoms with Gasteiger partial charge in [-0.3, -0.25) is 4.99 Å². The maximum atomic E-state index is 5.39. The quantitative estimate of drug-likeness (QED) is 0.398. The zero-order valence-electron chi connectivity index (χ0n) is 13.8. The van der Waals surface area contributed by atoms with Gasteiger partial charge in [0.05, 0.1) is 19.8 Å². The Hall–Kier alpha value is -1.99. The highest BCUT2D eigenvalue weighted by Gasteiger charge is 2.12. The van der Waals surface area contributed by atoms with Gasteiger partial charge >= 0.3 is 0 Å². The van der Waals surface area contributed by atoms with Gasteiger partial charge in [-0.25, -0.2) is 0 Å². The topological polar surface area (TPSA) is 73.3 Å². The molecule has 2 N–H and O–H groups in total. The monoisotopic (exact) mass is 323 g/mol. The van der Waals surface area contributed by atoms with Crippen LogP contribution in [0.3, 0.4) is 0 Å². The third-order valence-electron chi connectivity index (χ3n) is 3.34. The van der Waals surface area contributed by atoms with E-state index in [1.54, 1.807) is 14.2 Å². The Morgan fingerprint density at radius 2 is 1.96 bits per heavy atom. The van der Waals surface area contributed by atoms with Crippen LogP contribution in [0.5, 0.6) is 11.5 Å². The van der Waals surface area contributed by atoms with Gasteiger partial charge in [-0.1, -0.05) is 6.07 Å². The predicted octanol–water partition coefficient (Wildman–Crippen LogP) is 0.786. The molecule has 1 aliphatic heterocycles. The molecular weight excluding hydrogens is 298 g/mol. The number of ether oxygens (including phenoxy) is 4. The average molecular weight is 323 g/mol. The smallest absolute Gasteiger partial charge is 0.231 e. The summed E-state index contributed by atoms with van der Waals surface area (Å²) in [6.45, 7) is 3.63. The molecule has 0 spiro atoms. The Morgan fingerprint density at radius 1 is 1.13 bits per heavy atom. The van der Waals surface area contributed by atoms with Crippen molar-refractivity contribution in [1.82, 2.24) is 10.6 Å². The summed E-state index contributed by atoms with van der Waals surface area (Å²) in [7, 11) is 3.41. The van der Waals surface area contributed by atoms with E-state index in [0.29, 0.717) is 33.2 Å². The molecule has 0 amide bonds. The molecule has 0 aliphatic carbocycles. The van der Waals surface area contributed by atoms with Gasteiger partial charge < -0.3 is 29.6 Å². The normalized spacial score (nSPS) is 13.2. The summed E-state index contributed by atoms with van der Waals surface area (Å²) in [5, 5.41) is 6.48. The zero-order valence-corrected chi connectivity index (χ0v) is 13.8. The van der Waals surface area contributed by atoms with Gasteiger partial charge in [0.2, 0.25) is 6.79 Å². The van der Waals surface area contributed by atoms with E-state index in [4.69, 9.17) is 18.9 Å². The van der Waals surface area contributed by atoms with Crippen LogP contribution < -0.4 is 20.1 Å². The maximum absolute atomic E-state index is 5.39. The first-order valence-corrected chi connectivity index (χ1v) is 7.73. The molecule has 1 aromatic rings. The lowest BCUT2D eigenvalue weighted by molar-refractivity contribution is 0.0733. The number of nitrogens with one attached hydrogen (secondary N) is 2. The molecule has 2 rings (SSSR count). The lowest BCUT2D eigenvalue weighted by atomic mass is 10.1. The Morgan fingerprint density at radius 3 is 2.78 bits per heavy atom. The van der Waals surface area contributed by atoms with E-state index in [1.165, 1.54) is 5.56 Å². The van der Waals surface area contributed by atoms with Crippen LogP contribution in [0.2, 0.25) is 0 Å². The molecule has 0 unspecified atom stereocenters. The summed E-state index contributed by atoms with van der Waals surface area (Å²) in [6.07, 6.45) is 0.877. The highest BCUT2D eigenvalue weighted by molar-refractivity contribution is 5.79. The van der Waals surface area contributed by atoms with Gasteiger partial charge in [0, 0.05) is 27.2 Å². The van der Waals surface area contributed by atoms with Crippen molar-refractivity contribution in [2.75, 3.05) is 53.9 Å². The summed E-state index contributed by atoms with van der Waals surface area (Å²) in [5.74, 6) is 2.40. The van der Waals surface area contributed by atoms with Crippen LogP contribution in [0.1, 0.15) is 5.56 Å². The second-order valence-corrected chi connectivity index (χ2v) is 4.97. The summed E-state index contributed by atoms with van der Waals surface area (Å²) < 4.78 is 21.0. The van der Waals surface area contributed by atoms with Gasteiger partial charge in [0.25, 0.3) is 0 Å². The van der Waals surface area contributed by atoms with Crippen LogP contribution in [0.4, 0.5) is 0 Å². The number of aliphatic imine (C=N–C) groups is 1. The predicted molar refractivity (Wildman–Crippen MR) is 88.3 cm³/mol. The van der Waals surface area contributed by atoms with Gasteiger partial charge in [-0.2, -0.15) is 0 Å². The standard InChI is InChI=1S/C16H25N3O4/c1-17-16(19-7-8-21-10-9-20-2)18-6-5-13-3-4-14-15(11-13)23-12-22-14/h3-4,11H,5-10,12H2,1-2H3,(H2,17,18,19). The largest absolute Gasteiger partial charge is 0.454 e. The van der Waals surface area contributed by atoms with Crippen molar-refractivity contribution >= 4 is 5.96 Å². The molecule has 7 heteroatoms. The third kappa shape index (κ3) is 5.96. The van der Waals surface area contributed by atoms with Crippen molar-refractivity contribution in [2.45, 2.75) is 6.42 Å². The number of hydrogen-bond donors (Lipinski definition) is 2. The average Bonchev–Trinajstić information content (AvgIpc) is 3.04. The van der Waals surface area contributed by atoms with Gasteiger partial charge in [0.15, 0.2) is 17.5 Å². The van der Waals surface area contributed by atoms with Crippen LogP contribution in [0.25, 0.3) is 0 Å². The van der Waals surface area contributed by atoms with Crippen molar-refractivity contribution < 1.29 is 18.9 Å². The van der Waals surface area contributed by atoms with Gasteiger partial charge in [0.1, 0.15) is 0 Å². The van der Waals surface area contributed by atoms with Crippen LogP contribution in [-0.2, 0) is 15.9 Å². The fourth-order valence-electron chi connectivity index (χ4n) is 2.13. The van der Waals surface area contributed by atoms with E-state index in [1.807, 2.05) is 12.1 Å². The Labute approximate surface area is 137 Å². The minimum Gasteiger partial charge on any atom is -0.454 e. The lowest BCUT2D eigenvalue weighted by Crippen LogP contribution is -2.39. The number of fused-ring (bicyclic) bond motifs is 1. The van der Waals surface area contributed by atoms with E-state index in [0.717, 1.165) is 30.4 Å². The van der Waals surface area contributed by atoms with Crippen molar-refractivity contribution in [2.24, 2.45) is 4.99 Å². The van der Waals surface area contributed by atoms with Gasteiger partial charge in [-0.15, -0.1) is 0 Å². The first kappa shape index (κ1) is 17.4. The van der Waals surface area contributed by atoms with Crippen molar-refractivity contribution in [3.05, 3.63) is 23.8 Å². The fraction of sp³-hybridized carbons (Fsp3) is 0.562. The minimum atomic E-state index is 0.306. The summed E-state index contributed by atoms with van der Waals surface area (Å²) in [4.78, 5) is 4.18. The SMILES string of the molecule is CN=C(NCCOCCOC)NCCc1ccc2c(c1)OCO2. The molecule has 0 radical (unpaired) electrons. The van der Waals surface area contributed by atoms with Crippen LogP contribution in [0.15, 0.2) is 23.2 Å². The number of nitrogens with zero attached hydrogens (tertiary/aromatic N) is 1. The summed E-state index contributed by atoms with van der Waals surface area (Å²) in [5.41, 5.74) is 1.19. The Balaban J connectivity index is 1.62.